The topological polar surface area (TPSA) is 78.6 Å². The Kier molecular flexibility index (Phi) is 5.57. The van der Waals surface area contributed by atoms with Crippen molar-refractivity contribution in [2.75, 3.05) is 25.6 Å². The lowest BCUT2D eigenvalue weighted by molar-refractivity contribution is -0.141. The molecule has 1 fully saturated rings. The number of hydrogen-bond acceptors (Lipinski definition) is 8. The summed E-state index contributed by atoms with van der Waals surface area (Å²) in [5.74, 6) is 1.39. The van der Waals surface area contributed by atoms with Gasteiger partial charge in [0.15, 0.2) is 5.79 Å². The van der Waals surface area contributed by atoms with E-state index in [1.54, 1.807) is 11.3 Å². The lowest BCUT2D eigenvalue weighted by Gasteiger charge is -2.18. The average molecular weight is 430 g/mol. The highest BCUT2D eigenvalue weighted by molar-refractivity contribution is 7.19. The molecule has 1 atom stereocenters. The summed E-state index contributed by atoms with van der Waals surface area (Å²) in [5, 5.41) is 8.46. The Labute approximate surface area is 180 Å². The minimum Gasteiger partial charge on any atom is -0.490 e. The van der Waals surface area contributed by atoms with E-state index in [9.17, 15) is 0 Å². The van der Waals surface area contributed by atoms with E-state index in [2.05, 4.69) is 28.4 Å². The van der Waals surface area contributed by atoms with Crippen molar-refractivity contribution in [3.63, 3.8) is 0 Å². The van der Waals surface area contributed by atoms with Crippen LogP contribution in [0.15, 0.2) is 22.7 Å². The van der Waals surface area contributed by atoms with E-state index >= 15 is 0 Å². The van der Waals surface area contributed by atoms with Crippen LogP contribution in [0.3, 0.4) is 0 Å². The number of rotatable bonds is 6. The summed E-state index contributed by atoms with van der Waals surface area (Å²) in [7, 11) is 1.91. The van der Waals surface area contributed by atoms with E-state index in [0.717, 1.165) is 37.9 Å². The molecule has 1 aliphatic heterocycles. The summed E-state index contributed by atoms with van der Waals surface area (Å²) in [5.41, 5.74) is 4.08. The van der Waals surface area contributed by atoms with E-state index in [1.807, 2.05) is 46.9 Å². The molecule has 1 N–H and O–H groups in total. The molecule has 0 bridgehead atoms. The third-order valence-corrected chi connectivity index (χ3v) is 6.22. The monoisotopic (exact) mass is 429 g/mol. The molecule has 7 nitrogen and oxygen atoms in total. The quantitative estimate of drug-likeness (QED) is 0.593. The number of aryl methyl sites for hydroxylation is 3. The molecule has 3 aromatic rings. The zero-order chi connectivity index (χ0) is 21.5. The largest absolute Gasteiger partial charge is 0.490 e. The van der Waals surface area contributed by atoms with Gasteiger partial charge in [-0.1, -0.05) is 5.16 Å². The molecule has 1 saturated heterocycles. The summed E-state index contributed by atoms with van der Waals surface area (Å²) in [6.07, 6.45) is -0.0741. The lowest BCUT2D eigenvalue weighted by atomic mass is 10.1. The molecule has 3 heterocycles. The van der Waals surface area contributed by atoms with Crippen molar-refractivity contribution >= 4 is 16.3 Å². The van der Waals surface area contributed by atoms with Gasteiger partial charge in [-0.05, 0) is 69.5 Å². The average Bonchev–Trinajstić information content (AvgIpc) is 3.39. The lowest BCUT2D eigenvalue weighted by Crippen LogP contribution is -2.25. The van der Waals surface area contributed by atoms with Crippen molar-refractivity contribution in [1.29, 1.82) is 0 Å². The first-order chi connectivity index (χ1) is 14.3. The van der Waals surface area contributed by atoms with E-state index in [4.69, 9.17) is 18.7 Å². The number of anilines is 1. The van der Waals surface area contributed by atoms with Gasteiger partial charge in [0.2, 0.25) is 5.82 Å². The van der Waals surface area contributed by atoms with Crippen molar-refractivity contribution in [3.05, 3.63) is 34.9 Å². The van der Waals surface area contributed by atoms with Crippen molar-refractivity contribution in [2.24, 2.45) is 0 Å². The van der Waals surface area contributed by atoms with Crippen LogP contribution in [0, 0.1) is 20.8 Å². The zero-order valence-electron chi connectivity index (χ0n) is 18.2. The van der Waals surface area contributed by atoms with Gasteiger partial charge in [-0.15, -0.1) is 11.3 Å². The minimum atomic E-state index is -0.548. The normalized spacial score (nSPS) is 18.0. The van der Waals surface area contributed by atoms with Gasteiger partial charge in [-0.25, -0.2) is 0 Å². The van der Waals surface area contributed by atoms with Crippen LogP contribution in [-0.2, 0) is 9.47 Å². The molecule has 0 aliphatic carbocycles. The molecule has 160 valence electrons. The van der Waals surface area contributed by atoms with Gasteiger partial charge in [0.25, 0.3) is 5.89 Å². The van der Waals surface area contributed by atoms with Crippen LogP contribution in [-0.4, -0.2) is 42.3 Å². The maximum absolute atomic E-state index is 6.06. The van der Waals surface area contributed by atoms with Crippen molar-refractivity contribution in [3.8, 4) is 27.9 Å². The van der Waals surface area contributed by atoms with Crippen molar-refractivity contribution in [1.82, 2.24) is 10.1 Å². The fourth-order valence-electron chi connectivity index (χ4n) is 3.61. The van der Waals surface area contributed by atoms with Gasteiger partial charge in [0.05, 0.1) is 16.5 Å². The number of nitrogens with zero attached hydrogens (tertiary/aromatic N) is 2. The van der Waals surface area contributed by atoms with Gasteiger partial charge in [0.1, 0.15) is 18.5 Å². The Hall–Kier alpha value is -2.42. The molecular weight excluding hydrogens is 402 g/mol. The number of hydrogen-bond donors (Lipinski definition) is 1. The summed E-state index contributed by atoms with van der Waals surface area (Å²) in [6.45, 7) is 10.9. The molecule has 2 aromatic heterocycles. The van der Waals surface area contributed by atoms with Gasteiger partial charge < -0.3 is 24.1 Å². The van der Waals surface area contributed by atoms with E-state index in [-0.39, 0.29) is 6.10 Å². The predicted molar refractivity (Wildman–Crippen MR) is 117 cm³/mol. The number of thiophene rings is 1. The van der Waals surface area contributed by atoms with Crippen LogP contribution in [0.2, 0.25) is 0 Å². The third kappa shape index (κ3) is 4.21. The molecule has 0 amide bonds. The highest BCUT2D eigenvalue weighted by atomic mass is 32.1. The molecular formula is C22H27N3O4S. The van der Waals surface area contributed by atoms with Crippen molar-refractivity contribution in [2.45, 2.75) is 46.5 Å². The number of benzene rings is 1. The molecule has 1 aliphatic rings. The summed E-state index contributed by atoms with van der Waals surface area (Å²) in [6, 6.07) is 6.09. The summed E-state index contributed by atoms with van der Waals surface area (Å²) in [4.78, 5) is 5.55. The van der Waals surface area contributed by atoms with Crippen LogP contribution in [0.1, 0.15) is 30.5 Å². The maximum atomic E-state index is 6.06. The maximum Gasteiger partial charge on any atom is 0.268 e. The molecule has 0 saturated carbocycles. The second-order valence-corrected chi connectivity index (χ2v) is 9.05. The fourth-order valence-corrected chi connectivity index (χ4v) is 4.55. The summed E-state index contributed by atoms with van der Waals surface area (Å²) >= 11 is 1.60. The Balaban J connectivity index is 1.51. The van der Waals surface area contributed by atoms with Crippen LogP contribution < -0.4 is 10.1 Å². The predicted octanol–water partition coefficient (Wildman–Crippen LogP) is 4.96. The third-order valence-electron chi connectivity index (χ3n) is 4.98. The Bertz CT molecular complexity index is 1030. The standard InChI is InChI=1S/C22H27N3O4S/c1-12-7-15(8-13(2)18(12)26-10-16-11-27-22(4,5)28-16)19-24-20(29-25-19)17-9-14(3)21(23-6)30-17/h7-9,16,23H,10-11H2,1-6H3. The minimum absolute atomic E-state index is 0.0741. The first kappa shape index (κ1) is 20.8. The Morgan fingerprint density at radius 3 is 2.50 bits per heavy atom. The highest BCUT2D eigenvalue weighted by Crippen LogP contribution is 2.35. The molecule has 4 rings (SSSR count). The molecule has 1 unspecified atom stereocenters. The van der Waals surface area contributed by atoms with Gasteiger partial charge in [-0.2, -0.15) is 4.98 Å². The van der Waals surface area contributed by atoms with Crippen LogP contribution in [0.5, 0.6) is 5.75 Å². The van der Waals surface area contributed by atoms with E-state index in [1.165, 1.54) is 0 Å². The SMILES string of the molecule is CNc1sc(-c2nc(-c3cc(C)c(OCC4COC(C)(C)O4)c(C)c3)no2)cc1C. The summed E-state index contributed by atoms with van der Waals surface area (Å²) < 4.78 is 23.0. The van der Waals surface area contributed by atoms with Crippen LogP contribution in [0.4, 0.5) is 5.00 Å². The van der Waals surface area contributed by atoms with Gasteiger partial charge in [-0.3, -0.25) is 0 Å². The highest BCUT2D eigenvalue weighted by Gasteiger charge is 2.33. The smallest absolute Gasteiger partial charge is 0.268 e. The fraction of sp³-hybridized carbons (Fsp3) is 0.455. The number of aromatic nitrogens is 2. The molecule has 0 spiro atoms. The second kappa shape index (κ2) is 8.02. The molecule has 0 radical (unpaired) electrons. The van der Waals surface area contributed by atoms with Crippen LogP contribution >= 0.6 is 11.3 Å². The van der Waals surface area contributed by atoms with Gasteiger partial charge >= 0.3 is 0 Å². The molecule has 1 aromatic carbocycles. The molecule has 30 heavy (non-hydrogen) atoms. The molecule has 8 heteroatoms. The van der Waals surface area contributed by atoms with Crippen molar-refractivity contribution < 1.29 is 18.7 Å². The Morgan fingerprint density at radius 1 is 1.17 bits per heavy atom. The van der Waals surface area contributed by atoms with Crippen LogP contribution in [0.25, 0.3) is 22.2 Å². The van der Waals surface area contributed by atoms with E-state index < -0.39 is 5.79 Å². The Morgan fingerprint density at radius 2 is 1.90 bits per heavy atom. The first-order valence-electron chi connectivity index (χ1n) is 9.94. The van der Waals surface area contributed by atoms with E-state index in [0.29, 0.717) is 24.9 Å². The van der Waals surface area contributed by atoms with Gasteiger partial charge in [0, 0.05) is 12.6 Å². The first-order valence-corrected chi connectivity index (χ1v) is 10.8. The zero-order valence-corrected chi connectivity index (χ0v) is 19.0. The second-order valence-electron chi connectivity index (χ2n) is 8.00. The number of nitrogens with one attached hydrogen (secondary N) is 1. The number of ether oxygens (including phenoxy) is 3.